The molecule has 1 amide bonds. The van der Waals surface area contributed by atoms with Gasteiger partial charge in [0.15, 0.2) is 6.10 Å². The molecular weight excluding hydrogens is 428 g/mol. The summed E-state index contributed by atoms with van der Waals surface area (Å²) < 4.78 is 10.6. The first-order valence-electron chi connectivity index (χ1n) is 10.8. The van der Waals surface area contributed by atoms with Gasteiger partial charge in [-0.3, -0.25) is 4.79 Å². The largest absolute Gasteiger partial charge is 0.462 e. The van der Waals surface area contributed by atoms with Crippen molar-refractivity contribution in [1.29, 1.82) is 0 Å². The molecular formula is C24H30N2O5S. The average molecular weight is 459 g/mol. The second-order valence-electron chi connectivity index (χ2n) is 8.26. The first-order chi connectivity index (χ1) is 15.2. The summed E-state index contributed by atoms with van der Waals surface area (Å²) in [4.78, 5) is 41.0. The van der Waals surface area contributed by atoms with Crippen LogP contribution in [0, 0.1) is 5.92 Å². The van der Waals surface area contributed by atoms with Gasteiger partial charge in [-0.1, -0.05) is 13.0 Å². The zero-order valence-electron chi connectivity index (χ0n) is 19.2. The maximum absolute atomic E-state index is 12.8. The molecule has 8 heteroatoms. The Labute approximate surface area is 192 Å². The summed E-state index contributed by atoms with van der Waals surface area (Å²) in [5.41, 5.74) is 2.62. The molecule has 2 aromatic rings. The summed E-state index contributed by atoms with van der Waals surface area (Å²) in [7, 11) is 3.76. The molecule has 0 spiro atoms. The Morgan fingerprint density at radius 3 is 2.69 bits per heavy atom. The summed E-state index contributed by atoms with van der Waals surface area (Å²) in [5, 5.41) is 3.26. The number of carbonyl (C=O) groups is 3. The molecule has 0 bridgehead atoms. The Kier molecular flexibility index (Phi) is 7.56. The van der Waals surface area contributed by atoms with Gasteiger partial charge in [0.25, 0.3) is 5.91 Å². The molecule has 3 rings (SSSR count). The number of fused-ring (bicyclic) bond motifs is 1. The number of thiophene rings is 1. The van der Waals surface area contributed by atoms with Gasteiger partial charge in [-0.15, -0.1) is 11.3 Å². The number of nitrogens with one attached hydrogen (secondary N) is 1. The van der Waals surface area contributed by atoms with Crippen LogP contribution in [-0.2, 0) is 27.1 Å². The summed E-state index contributed by atoms with van der Waals surface area (Å²) in [6.45, 7) is 5.71. The molecule has 1 aliphatic rings. The fourth-order valence-electron chi connectivity index (χ4n) is 3.66. The number of rotatable bonds is 7. The van der Waals surface area contributed by atoms with E-state index < -0.39 is 23.9 Å². The van der Waals surface area contributed by atoms with E-state index in [0.29, 0.717) is 22.0 Å². The maximum atomic E-state index is 12.8. The zero-order chi connectivity index (χ0) is 23.4. The highest BCUT2D eigenvalue weighted by Gasteiger charge is 2.30. The van der Waals surface area contributed by atoms with Crippen molar-refractivity contribution in [2.45, 2.75) is 46.1 Å². The number of benzene rings is 1. The van der Waals surface area contributed by atoms with Crippen LogP contribution in [0.3, 0.4) is 0 Å². The van der Waals surface area contributed by atoms with Crippen LogP contribution in [-0.4, -0.2) is 44.7 Å². The molecule has 0 saturated carbocycles. The smallest absolute Gasteiger partial charge is 0.341 e. The molecule has 1 N–H and O–H groups in total. The van der Waals surface area contributed by atoms with Crippen molar-refractivity contribution in [2.75, 3.05) is 30.9 Å². The lowest BCUT2D eigenvalue weighted by atomic mass is 9.88. The Morgan fingerprint density at radius 1 is 1.25 bits per heavy atom. The molecule has 7 nitrogen and oxygen atoms in total. The fraction of sp³-hybridized carbons (Fsp3) is 0.458. The fourth-order valence-corrected chi connectivity index (χ4v) is 5.07. The van der Waals surface area contributed by atoms with Crippen molar-refractivity contribution >= 4 is 39.9 Å². The van der Waals surface area contributed by atoms with E-state index in [1.807, 2.05) is 25.1 Å². The molecule has 1 aliphatic carbocycles. The third-order valence-corrected chi connectivity index (χ3v) is 6.65. The van der Waals surface area contributed by atoms with Crippen molar-refractivity contribution in [3.8, 4) is 0 Å². The minimum atomic E-state index is -1.03. The number of anilines is 2. The number of carbonyl (C=O) groups excluding carboxylic acids is 3. The number of hydrogen-bond donors (Lipinski definition) is 1. The predicted octanol–water partition coefficient (Wildman–Crippen LogP) is 4.30. The molecule has 1 heterocycles. The molecule has 0 radical (unpaired) electrons. The number of ether oxygens (including phenoxy) is 2. The van der Waals surface area contributed by atoms with Crippen LogP contribution in [0.4, 0.5) is 10.7 Å². The molecule has 0 unspecified atom stereocenters. The van der Waals surface area contributed by atoms with Gasteiger partial charge in [-0.2, -0.15) is 0 Å². The van der Waals surface area contributed by atoms with Crippen molar-refractivity contribution in [2.24, 2.45) is 5.92 Å². The second kappa shape index (κ2) is 10.2. The van der Waals surface area contributed by atoms with Gasteiger partial charge in [0.05, 0.1) is 17.7 Å². The molecule has 0 saturated heterocycles. The van der Waals surface area contributed by atoms with Crippen molar-refractivity contribution < 1.29 is 23.9 Å². The van der Waals surface area contributed by atoms with Gasteiger partial charge in [-0.25, -0.2) is 9.59 Å². The Hall–Kier alpha value is -2.87. The van der Waals surface area contributed by atoms with Gasteiger partial charge in [0.2, 0.25) is 0 Å². The zero-order valence-corrected chi connectivity index (χ0v) is 20.0. The first kappa shape index (κ1) is 23.8. The van der Waals surface area contributed by atoms with Crippen LogP contribution >= 0.6 is 11.3 Å². The number of amides is 1. The third kappa shape index (κ3) is 5.30. The van der Waals surface area contributed by atoms with Crippen LogP contribution in [0.15, 0.2) is 24.3 Å². The van der Waals surface area contributed by atoms with E-state index in [1.165, 1.54) is 18.3 Å². The highest BCUT2D eigenvalue weighted by atomic mass is 32.1. The van der Waals surface area contributed by atoms with E-state index in [9.17, 15) is 14.4 Å². The SMILES string of the molecule is CCOC(=O)c1c(NC(=O)[C@H](C)OC(=O)c2cccc(N(C)C)c2)sc2c1CC[C@H](C)C2. The summed E-state index contributed by atoms with van der Waals surface area (Å²) in [6, 6.07) is 7.00. The van der Waals surface area contributed by atoms with Gasteiger partial charge in [-0.05, 0) is 62.8 Å². The average Bonchev–Trinajstić information content (AvgIpc) is 3.10. The van der Waals surface area contributed by atoms with E-state index in [1.54, 1.807) is 25.1 Å². The first-order valence-corrected chi connectivity index (χ1v) is 11.6. The normalized spacial score (nSPS) is 16.0. The molecule has 32 heavy (non-hydrogen) atoms. The minimum absolute atomic E-state index is 0.257. The van der Waals surface area contributed by atoms with Crippen LogP contribution in [0.5, 0.6) is 0 Å². The quantitative estimate of drug-likeness (QED) is 0.623. The summed E-state index contributed by atoms with van der Waals surface area (Å²) in [6.07, 6.45) is 1.61. The summed E-state index contributed by atoms with van der Waals surface area (Å²) in [5.74, 6) is -0.974. The standard InChI is InChI=1S/C24H30N2O5S/c1-6-30-24(29)20-18-11-10-14(2)12-19(18)32-22(20)25-21(27)15(3)31-23(28)16-8-7-9-17(13-16)26(4)5/h7-9,13-15H,6,10-12H2,1-5H3,(H,25,27)/t14-,15-/m0/s1. The topological polar surface area (TPSA) is 84.9 Å². The number of esters is 2. The molecule has 172 valence electrons. The summed E-state index contributed by atoms with van der Waals surface area (Å²) >= 11 is 1.41. The van der Waals surface area contributed by atoms with E-state index in [-0.39, 0.29) is 6.61 Å². The van der Waals surface area contributed by atoms with E-state index in [2.05, 4.69) is 12.2 Å². The molecule has 0 aliphatic heterocycles. The van der Waals surface area contributed by atoms with Crippen molar-refractivity contribution in [3.05, 3.63) is 45.8 Å². The van der Waals surface area contributed by atoms with Crippen molar-refractivity contribution in [3.63, 3.8) is 0 Å². The van der Waals surface area contributed by atoms with Gasteiger partial charge >= 0.3 is 11.9 Å². The van der Waals surface area contributed by atoms with Gasteiger partial charge in [0, 0.05) is 24.7 Å². The van der Waals surface area contributed by atoms with E-state index in [0.717, 1.165) is 35.4 Å². The number of nitrogens with zero attached hydrogens (tertiary/aromatic N) is 1. The molecule has 1 aromatic heterocycles. The van der Waals surface area contributed by atoms with Crippen molar-refractivity contribution in [1.82, 2.24) is 0 Å². The lowest BCUT2D eigenvalue weighted by Crippen LogP contribution is -2.30. The minimum Gasteiger partial charge on any atom is -0.462 e. The van der Waals surface area contributed by atoms with Crippen LogP contribution in [0.25, 0.3) is 0 Å². The van der Waals surface area contributed by atoms with E-state index >= 15 is 0 Å². The predicted molar refractivity (Wildman–Crippen MR) is 126 cm³/mol. The maximum Gasteiger partial charge on any atom is 0.341 e. The molecule has 0 fully saturated rings. The van der Waals surface area contributed by atoms with Gasteiger partial charge < -0.3 is 19.7 Å². The van der Waals surface area contributed by atoms with E-state index in [4.69, 9.17) is 9.47 Å². The highest BCUT2D eigenvalue weighted by molar-refractivity contribution is 7.17. The lowest BCUT2D eigenvalue weighted by Gasteiger charge is -2.18. The Bertz CT molecular complexity index is 1010. The third-order valence-electron chi connectivity index (χ3n) is 5.48. The monoisotopic (exact) mass is 458 g/mol. The lowest BCUT2D eigenvalue weighted by molar-refractivity contribution is -0.123. The second-order valence-corrected chi connectivity index (χ2v) is 9.36. The van der Waals surface area contributed by atoms with Crippen LogP contribution in [0.2, 0.25) is 0 Å². The number of hydrogen-bond acceptors (Lipinski definition) is 7. The van der Waals surface area contributed by atoms with Crippen LogP contribution in [0.1, 0.15) is 58.3 Å². The Morgan fingerprint density at radius 2 is 2.00 bits per heavy atom. The van der Waals surface area contributed by atoms with Gasteiger partial charge in [0.1, 0.15) is 5.00 Å². The molecule has 2 atom stereocenters. The van der Waals surface area contributed by atoms with Crippen LogP contribution < -0.4 is 10.2 Å². The highest BCUT2D eigenvalue weighted by Crippen LogP contribution is 2.40. The Balaban J connectivity index is 1.75. The molecule has 1 aromatic carbocycles.